The SMILES string of the molecule is CCc1c(C(=O)NCCN2CCN(C(=O)C3CCCC3)CC2)cnn1-c1ccc(F)cc1. The van der Waals surface area contributed by atoms with E-state index in [1.54, 1.807) is 23.0 Å². The summed E-state index contributed by atoms with van der Waals surface area (Å²) in [4.78, 5) is 29.6. The summed E-state index contributed by atoms with van der Waals surface area (Å²) in [6.07, 6.45) is 6.66. The summed E-state index contributed by atoms with van der Waals surface area (Å²) in [5, 5.41) is 7.35. The lowest BCUT2D eigenvalue weighted by Crippen LogP contribution is -2.51. The van der Waals surface area contributed by atoms with Gasteiger partial charge in [-0.3, -0.25) is 14.5 Å². The Morgan fingerprint density at radius 3 is 2.44 bits per heavy atom. The Labute approximate surface area is 188 Å². The van der Waals surface area contributed by atoms with Crippen LogP contribution in [0.4, 0.5) is 4.39 Å². The van der Waals surface area contributed by atoms with Gasteiger partial charge in [-0.2, -0.15) is 5.10 Å². The van der Waals surface area contributed by atoms with Crippen LogP contribution in [0.2, 0.25) is 0 Å². The molecular weight excluding hydrogens is 409 g/mol. The van der Waals surface area contributed by atoms with Crippen LogP contribution in [0.25, 0.3) is 5.69 Å². The molecule has 0 atom stereocenters. The van der Waals surface area contributed by atoms with Crippen molar-refractivity contribution in [2.24, 2.45) is 5.92 Å². The Balaban J connectivity index is 1.26. The van der Waals surface area contributed by atoms with Crippen molar-refractivity contribution in [1.29, 1.82) is 0 Å². The highest BCUT2D eigenvalue weighted by Crippen LogP contribution is 2.27. The Morgan fingerprint density at radius 1 is 1.09 bits per heavy atom. The van der Waals surface area contributed by atoms with Crippen LogP contribution in [0.15, 0.2) is 30.5 Å². The van der Waals surface area contributed by atoms with Crippen molar-refractivity contribution in [2.75, 3.05) is 39.3 Å². The van der Waals surface area contributed by atoms with Gasteiger partial charge in [-0.25, -0.2) is 9.07 Å². The van der Waals surface area contributed by atoms with E-state index in [4.69, 9.17) is 0 Å². The van der Waals surface area contributed by atoms with Crippen LogP contribution in [0.1, 0.15) is 48.7 Å². The number of hydrogen-bond donors (Lipinski definition) is 1. The maximum absolute atomic E-state index is 13.2. The van der Waals surface area contributed by atoms with Gasteiger partial charge in [-0.05, 0) is 43.5 Å². The summed E-state index contributed by atoms with van der Waals surface area (Å²) < 4.78 is 14.9. The number of rotatable bonds is 7. The van der Waals surface area contributed by atoms with Crippen molar-refractivity contribution in [3.8, 4) is 5.69 Å². The van der Waals surface area contributed by atoms with Crippen molar-refractivity contribution in [1.82, 2.24) is 24.9 Å². The molecule has 8 heteroatoms. The Morgan fingerprint density at radius 2 is 1.78 bits per heavy atom. The van der Waals surface area contributed by atoms with Crippen LogP contribution < -0.4 is 5.32 Å². The summed E-state index contributed by atoms with van der Waals surface area (Å²) in [5.74, 6) is 0.121. The molecule has 1 aromatic heterocycles. The van der Waals surface area contributed by atoms with E-state index in [1.807, 2.05) is 11.8 Å². The zero-order chi connectivity index (χ0) is 22.5. The van der Waals surface area contributed by atoms with E-state index in [2.05, 4.69) is 15.3 Å². The maximum atomic E-state index is 13.2. The van der Waals surface area contributed by atoms with E-state index in [1.165, 1.54) is 25.0 Å². The van der Waals surface area contributed by atoms with Gasteiger partial charge in [-0.1, -0.05) is 19.8 Å². The molecule has 0 unspecified atom stereocenters. The molecule has 32 heavy (non-hydrogen) atoms. The van der Waals surface area contributed by atoms with Crippen LogP contribution in [0, 0.1) is 11.7 Å². The molecule has 2 aromatic rings. The largest absolute Gasteiger partial charge is 0.351 e. The molecule has 1 aromatic carbocycles. The maximum Gasteiger partial charge on any atom is 0.254 e. The Kier molecular flexibility index (Phi) is 7.19. The van der Waals surface area contributed by atoms with Crippen LogP contribution in [0.3, 0.4) is 0 Å². The summed E-state index contributed by atoms with van der Waals surface area (Å²) in [6.45, 7) is 6.50. The highest BCUT2D eigenvalue weighted by Gasteiger charge is 2.29. The smallest absolute Gasteiger partial charge is 0.254 e. The number of halogens is 1. The van der Waals surface area contributed by atoms with E-state index in [-0.39, 0.29) is 17.6 Å². The Hall–Kier alpha value is -2.74. The fourth-order valence-corrected chi connectivity index (χ4v) is 4.75. The van der Waals surface area contributed by atoms with E-state index in [0.717, 1.165) is 56.9 Å². The number of amides is 2. The van der Waals surface area contributed by atoms with Crippen molar-refractivity contribution < 1.29 is 14.0 Å². The van der Waals surface area contributed by atoms with Crippen LogP contribution in [-0.4, -0.2) is 70.7 Å². The third-order valence-electron chi connectivity index (χ3n) is 6.62. The fourth-order valence-electron chi connectivity index (χ4n) is 4.75. The number of nitrogens with zero attached hydrogens (tertiary/aromatic N) is 4. The van der Waals surface area contributed by atoms with Gasteiger partial charge in [0.05, 0.1) is 23.1 Å². The lowest BCUT2D eigenvalue weighted by Gasteiger charge is -2.36. The second-order valence-corrected chi connectivity index (χ2v) is 8.65. The van der Waals surface area contributed by atoms with E-state index in [9.17, 15) is 14.0 Å². The molecule has 1 aliphatic carbocycles. The van der Waals surface area contributed by atoms with Crippen molar-refractivity contribution in [3.63, 3.8) is 0 Å². The molecule has 4 rings (SSSR count). The molecule has 2 heterocycles. The second-order valence-electron chi connectivity index (χ2n) is 8.65. The highest BCUT2D eigenvalue weighted by molar-refractivity contribution is 5.95. The van der Waals surface area contributed by atoms with Gasteiger partial charge in [-0.15, -0.1) is 0 Å². The number of hydrogen-bond acceptors (Lipinski definition) is 4. The number of carbonyl (C=O) groups excluding carboxylic acids is 2. The molecule has 1 saturated carbocycles. The monoisotopic (exact) mass is 441 g/mol. The minimum absolute atomic E-state index is 0.148. The van der Waals surface area contributed by atoms with Crippen LogP contribution in [-0.2, 0) is 11.2 Å². The molecule has 2 fully saturated rings. The summed E-state index contributed by atoms with van der Waals surface area (Å²) in [6, 6.07) is 6.08. The third kappa shape index (κ3) is 5.01. The van der Waals surface area contributed by atoms with Crippen molar-refractivity contribution in [2.45, 2.75) is 39.0 Å². The van der Waals surface area contributed by atoms with Gasteiger partial charge >= 0.3 is 0 Å². The zero-order valence-corrected chi connectivity index (χ0v) is 18.7. The molecule has 0 bridgehead atoms. The van der Waals surface area contributed by atoms with Gasteiger partial charge in [0.15, 0.2) is 0 Å². The molecule has 1 N–H and O–H groups in total. The van der Waals surface area contributed by atoms with Crippen molar-refractivity contribution >= 4 is 11.8 Å². The zero-order valence-electron chi connectivity index (χ0n) is 18.7. The van der Waals surface area contributed by atoms with Crippen LogP contribution >= 0.6 is 0 Å². The minimum atomic E-state index is -0.305. The molecular formula is C24H32FN5O2. The fraction of sp³-hybridized carbons (Fsp3) is 0.542. The number of piperazine rings is 1. The van der Waals surface area contributed by atoms with E-state index in [0.29, 0.717) is 24.4 Å². The second kappa shape index (κ2) is 10.3. The van der Waals surface area contributed by atoms with Gasteiger partial charge in [0.25, 0.3) is 5.91 Å². The molecule has 0 radical (unpaired) electrons. The van der Waals surface area contributed by atoms with E-state index >= 15 is 0 Å². The molecule has 2 aliphatic rings. The molecule has 1 aliphatic heterocycles. The predicted molar refractivity (Wildman–Crippen MR) is 120 cm³/mol. The van der Waals surface area contributed by atoms with Gasteiger partial charge in [0, 0.05) is 45.2 Å². The third-order valence-corrected chi connectivity index (χ3v) is 6.62. The molecule has 1 saturated heterocycles. The minimum Gasteiger partial charge on any atom is -0.351 e. The Bertz CT molecular complexity index is 928. The number of benzene rings is 1. The number of carbonyl (C=O) groups is 2. The first-order valence-corrected chi connectivity index (χ1v) is 11.7. The first-order valence-electron chi connectivity index (χ1n) is 11.7. The molecule has 2 amide bonds. The van der Waals surface area contributed by atoms with E-state index < -0.39 is 0 Å². The molecule has 0 spiro atoms. The van der Waals surface area contributed by atoms with Gasteiger partial charge in [0.2, 0.25) is 5.91 Å². The van der Waals surface area contributed by atoms with Gasteiger partial charge < -0.3 is 10.2 Å². The number of nitrogens with one attached hydrogen (secondary N) is 1. The summed E-state index contributed by atoms with van der Waals surface area (Å²) >= 11 is 0. The first kappa shape index (κ1) is 22.5. The average molecular weight is 442 g/mol. The lowest BCUT2D eigenvalue weighted by atomic mass is 10.1. The lowest BCUT2D eigenvalue weighted by molar-refractivity contribution is -0.137. The van der Waals surface area contributed by atoms with Gasteiger partial charge in [0.1, 0.15) is 5.82 Å². The first-order chi connectivity index (χ1) is 15.6. The van der Waals surface area contributed by atoms with Crippen molar-refractivity contribution in [3.05, 3.63) is 47.5 Å². The summed E-state index contributed by atoms with van der Waals surface area (Å²) in [7, 11) is 0. The molecule has 172 valence electrons. The van der Waals surface area contributed by atoms with Crippen LogP contribution in [0.5, 0.6) is 0 Å². The average Bonchev–Trinajstić information content (AvgIpc) is 3.50. The summed E-state index contributed by atoms with van der Waals surface area (Å²) in [5.41, 5.74) is 2.07. The topological polar surface area (TPSA) is 70.5 Å². The highest BCUT2D eigenvalue weighted by atomic mass is 19.1. The number of aromatic nitrogens is 2. The predicted octanol–water partition coefficient (Wildman–Crippen LogP) is 2.64. The quantitative estimate of drug-likeness (QED) is 0.717. The normalized spacial score (nSPS) is 17.6. The molecule has 7 nitrogen and oxygen atoms in total. The standard InChI is InChI=1S/C24H32FN5O2/c1-2-22-21(17-27-30(22)20-9-7-19(25)8-10-20)23(31)26-11-12-28-13-15-29(16-14-28)24(32)18-5-3-4-6-18/h7-10,17-18H,2-6,11-16H2,1H3,(H,26,31).